The van der Waals surface area contributed by atoms with Crippen LogP contribution in [0.15, 0.2) is 0 Å². The quantitative estimate of drug-likeness (QED) is 0.589. The van der Waals surface area contributed by atoms with Gasteiger partial charge in [0.05, 0.1) is 12.2 Å². The lowest BCUT2D eigenvalue weighted by molar-refractivity contribution is -0.200. The molecule has 0 bridgehead atoms. The van der Waals surface area contributed by atoms with Crippen LogP contribution in [0.1, 0.15) is 58.8 Å². The third-order valence-corrected chi connectivity index (χ3v) is 9.09. The molecule has 25 heavy (non-hydrogen) atoms. The summed E-state index contributed by atoms with van der Waals surface area (Å²) in [4.78, 5) is 0. The van der Waals surface area contributed by atoms with E-state index < -0.39 is 24.0 Å². The van der Waals surface area contributed by atoms with Gasteiger partial charge in [0, 0.05) is 11.3 Å². The highest BCUT2D eigenvalue weighted by Crippen LogP contribution is 2.68. The smallest absolute Gasteiger partial charge is 0.130 e. The lowest BCUT2D eigenvalue weighted by Gasteiger charge is -2.62. The third-order valence-electron chi connectivity index (χ3n) is 9.09. The fourth-order valence-electron chi connectivity index (χ4n) is 7.47. The Morgan fingerprint density at radius 3 is 2.32 bits per heavy atom. The van der Waals surface area contributed by atoms with Crippen LogP contribution in [-0.2, 0) is 0 Å². The van der Waals surface area contributed by atoms with Crippen LogP contribution in [0.5, 0.6) is 0 Å². The fourth-order valence-corrected chi connectivity index (χ4v) is 7.47. The molecule has 0 saturated heterocycles. The van der Waals surface area contributed by atoms with Crippen LogP contribution >= 0.6 is 0 Å². The summed E-state index contributed by atoms with van der Waals surface area (Å²) in [6, 6.07) is 0. The predicted molar refractivity (Wildman–Crippen MR) is 93.2 cm³/mol. The monoisotopic (exact) mass is 350 g/mol. The number of halogens is 1. The molecule has 0 aromatic heterocycles. The van der Waals surface area contributed by atoms with Crippen molar-refractivity contribution in [3.63, 3.8) is 0 Å². The Morgan fingerprint density at radius 2 is 1.64 bits per heavy atom. The number of terminal acetylenes is 1. The summed E-state index contributed by atoms with van der Waals surface area (Å²) < 4.78 is 14.8. The first-order valence-electron chi connectivity index (χ1n) is 9.88. The molecule has 1 unspecified atom stereocenters. The maximum absolute atomic E-state index is 14.8. The van der Waals surface area contributed by atoms with Crippen molar-refractivity contribution in [1.82, 2.24) is 0 Å². The van der Waals surface area contributed by atoms with E-state index in [2.05, 4.69) is 19.8 Å². The maximum atomic E-state index is 14.8. The van der Waals surface area contributed by atoms with Crippen LogP contribution in [0.2, 0.25) is 0 Å². The van der Waals surface area contributed by atoms with Crippen molar-refractivity contribution in [2.75, 3.05) is 0 Å². The van der Waals surface area contributed by atoms with Crippen molar-refractivity contribution in [3.8, 4) is 12.3 Å². The number of aliphatic hydroxyl groups is 3. The Hall–Kier alpha value is -0.630. The van der Waals surface area contributed by atoms with Gasteiger partial charge in [-0.3, -0.25) is 0 Å². The molecule has 0 aliphatic heterocycles. The minimum Gasteiger partial charge on any atom is -0.393 e. The average Bonchev–Trinajstić information content (AvgIpc) is 2.86. The maximum Gasteiger partial charge on any atom is 0.130 e. The summed E-state index contributed by atoms with van der Waals surface area (Å²) >= 11 is 0. The second-order valence-electron chi connectivity index (χ2n) is 9.76. The van der Waals surface area contributed by atoms with Crippen LogP contribution in [0.4, 0.5) is 4.39 Å². The molecular weight excluding hydrogens is 319 g/mol. The van der Waals surface area contributed by atoms with Crippen molar-refractivity contribution in [1.29, 1.82) is 0 Å². The Bertz CT molecular complexity index is 602. The molecule has 0 aromatic carbocycles. The van der Waals surface area contributed by atoms with E-state index in [1.54, 1.807) is 0 Å². The molecular formula is C21H31FO3. The largest absolute Gasteiger partial charge is 0.393 e. The zero-order valence-electron chi connectivity index (χ0n) is 15.3. The number of alkyl halides is 1. The first-order valence-corrected chi connectivity index (χ1v) is 9.88. The molecule has 3 N–H and O–H groups in total. The third kappa shape index (κ3) is 2.10. The van der Waals surface area contributed by atoms with Gasteiger partial charge in [-0.25, -0.2) is 4.39 Å². The van der Waals surface area contributed by atoms with E-state index in [-0.39, 0.29) is 34.5 Å². The molecule has 0 radical (unpaired) electrons. The standard InChI is InChI=1S/C21H31FO3/c1-4-21(25)10-6-13-17-12(5-9-20(13,21)3)19(2)8-7-15(23)18(22)14(19)11-16(17)24/h1,12-18,23-25H,5-11H2,2-3H3/t12-,13-,14?,15-,16+,17+,18+,19+,20-,21-/m0/s1. The zero-order chi connectivity index (χ0) is 18.2. The Labute approximate surface area is 150 Å². The van der Waals surface area contributed by atoms with Gasteiger partial charge in [0.2, 0.25) is 0 Å². The van der Waals surface area contributed by atoms with Crippen LogP contribution in [0, 0.1) is 46.8 Å². The van der Waals surface area contributed by atoms with Crippen LogP contribution in [-0.4, -0.2) is 39.3 Å². The summed E-state index contributed by atoms with van der Waals surface area (Å²) in [6.07, 6.45) is 7.83. The summed E-state index contributed by atoms with van der Waals surface area (Å²) in [6.45, 7) is 4.26. The highest BCUT2D eigenvalue weighted by atomic mass is 19.1. The van der Waals surface area contributed by atoms with Gasteiger partial charge in [0.15, 0.2) is 0 Å². The summed E-state index contributed by atoms with van der Waals surface area (Å²) in [5.74, 6) is 2.88. The molecule has 10 atom stereocenters. The minimum absolute atomic E-state index is 0.0739. The highest BCUT2D eigenvalue weighted by Gasteiger charge is 2.67. The number of aliphatic hydroxyl groups excluding tert-OH is 2. The van der Waals surface area contributed by atoms with E-state index in [0.29, 0.717) is 19.3 Å². The fraction of sp³-hybridized carbons (Fsp3) is 0.905. The first kappa shape index (κ1) is 17.8. The van der Waals surface area contributed by atoms with E-state index in [0.717, 1.165) is 25.7 Å². The minimum atomic E-state index is -1.24. The van der Waals surface area contributed by atoms with Gasteiger partial charge in [-0.15, -0.1) is 6.42 Å². The van der Waals surface area contributed by atoms with Crippen LogP contribution in [0.3, 0.4) is 0 Å². The van der Waals surface area contributed by atoms with Gasteiger partial charge in [-0.05, 0) is 68.1 Å². The number of fused-ring (bicyclic) bond motifs is 5. The molecule has 4 aliphatic carbocycles. The zero-order valence-corrected chi connectivity index (χ0v) is 15.3. The number of hydrogen-bond acceptors (Lipinski definition) is 3. The summed E-state index contributed by atoms with van der Waals surface area (Å²) in [5, 5.41) is 32.0. The second kappa shape index (κ2) is 5.44. The van der Waals surface area contributed by atoms with E-state index in [1.165, 1.54) is 0 Å². The van der Waals surface area contributed by atoms with Crippen molar-refractivity contribution in [2.45, 2.75) is 82.8 Å². The topological polar surface area (TPSA) is 60.7 Å². The van der Waals surface area contributed by atoms with E-state index in [9.17, 15) is 19.7 Å². The van der Waals surface area contributed by atoms with Crippen molar-refractivity contribution in [2.24, 2.45) is 34.5 Å². The molecule has 4 fully saturated rings. The SMILES string of the molecule is C#C[C@]1(O)CC[C@H]2[C@@H]3[C@H](O)CC4[C@@H](F)[C@@H](O)CC[C@]4(C)[C@H]3CC[C@@]21C. The summed E-state index contributed by atoms with van der Waals surface area (Å²) in [7, 11) is 0. The van der Waals surface area contributed by atoms with Gasteiger partial charge in [-0.2, -0.15) is 0 Å². The van der Waals surface area contributed by atoms with Gasteiger partial charge < -0.3 is 15.3 Å². The molecule has 0 amide bonds. The normalized spacial score (nSPS) is 60.9. The number of hydrogen-bond donors (Lipinski definition) is 3. The first-order chi connectivity index (χ1) is 11.7. The molecule has 3 nitrogen and oxygen atoms in total. The van der Waals surface area contributed by atoms with Crippen LogP contribution in [0.25, 0.3) is 0 Å². The second-order valence-corrected chi connectivity index (χ2v) is 9.76. The van der Waals surface area contributed by atoms with E-state index >= 15 is 0 Å². The van der Waals surface area contributed by atoms with Gasteiger partial charge >= 0.3 is 0 Å². The lowest BCUT2D eigenvalue weighted by Crippen LogP contribution is -2.62. The molecule has 0 aromatic rings. The van der Waals surface area contributed by atoms with Crippen LogP contribution < -0.4 is 0 Å². The average molecular weight is 350 g/mol. The van der Waals surface area contributed by atoms with Crippen molar-refractivity contribution < 1.29 is 19.7 Å². The Balaban J connectivity index is 1.71. The molecule has 0 spiro atoms. The predicted octanol–water partition coefficient (Wildman–Crippen LogP) is 2.67. The van der Waals surface area contributed by atoms with E-state index in [4.69, 9.17) is 6.42 Å². The molecule has 4 saturated carbocycles. The molecule has 0 heterocycles. The Morgan fingerprint density at radius 1 is 0.960 bits per heavy atom. The van der Waals surface area contributed by atoms with Crippen molar-refractivity contribution in [3.05, 3.63) is 0 Å². The molecule has 4 rings (SSSR count). The highest BCUT2D eigenvalue weighted by molar-refractivity contribution is 5.24. The van der Waals surface area contributed by atoms with Gasteiger partial charge in [0.1, 0.15) is 11.8 Å². The molecule has 140 valence electrons. The Kier molecular flexibility index (Phi) is 3.87. The van der Waals surface area contributed by atoms with E-state index in [1.807, 2.05) is 0 Å². The lowest BCUT2D eigenvalue weighted by atomic mass is 9.43. The summed E-state index contributed by atoms with van der Waals surface area (Å²) in [5.41, 5.74) is -1.64. The molecule has 4 aliphatic rings. The van der Waals surface area contributed by atoms with Crippen molar-refractivity contribution >= 4 is 0 Å². The molecule has 4 heteroatoms. The van der Waals surface area contributed by atoms with Gasteiger partial charge in [0.25, 0.3) is 0 Å². The van der Waals surface area contributed by atoms with Gasteiger partial charge in [-0.1, -0.05) is 19.8 Å². The number of rotatable bonds is 0.